The van der Waals surface area contributed by atoms with Gasteiger partial charge in [0.15, 0.2) is 0 Å². The van der Waals surface area contributed by atoms with Crippen LogP contribution in [-0.4, -0.2) is 29.3 Å². The molecule has 1 atom stereocenters. The molecule has 0 aliphatic heterocycles. The van der Waals surface area contributed by atoms with Crippen molar-refractivity contribution in [3.8, 4) is 5.75 Å². The third-order valence-corrected chi connectivity index (χ3v) is 3.03. The maximum atomic E-state index is 11.3. The average Bonchev–Trinajstić information content (AvgIpc) is 2.30. The average molecular weight is 265 g/mol. The van der Waals surface area contributed by atoms with Crippen molar-refractivity contribution in [3.63, 3.8) is 0 Å². The highest BCUT2D eigenvalue weighted by Crippen LogP contribution is 2.18. The summed E-state index contributed by atoms with van der Waals surface area (Å²) < 4.78 is 5.66. The number of rotatable bonds is 7. The molecule has 0 spiro atoms. The van der Waals surface area contributed by atoms with Gasteiger partial charge in [0.05, 0.1) is 6.61 Å². The number of carboxylic acids is 1. The molecule has 0 bridgehead atoms. The van der Waals surface area contributed by atoms with Gasteiger partial charge in [0.2, 0.25) is 0 Å². The van der Waals surface area contributed by atoms with Crippen LogP contribution in [0.2, 0.25) is 0 Å². The van der Waals surface area contributed by atoms with E-state index in [1.807, 2.05) is 45.0 Å². The van der Waals surface area contributed by atoms with Gasteiger partial charge in [-0.15, -0.1) is 0 Å². The summed E-state index contributed by atoms with van der Waals surface area (Å²) in [5.74, 6) is -0.0469. The number of hydrogen-bond acceptors (Lipinski definition) is 3. The highest BCUT2D eigenvalue weighted by molar-refractivity contribution is 5.78. The van der Waals surface area contributed by atoms with E-state index in [4.69, 9.17) is 4.74 Å². The van der Waals surface area contributed by atoms with Crippen molar-refractivity contribution in [1.29, 1.82) is 0 Å². The van der Waals surface area contributed by atoms with Crippen molar-refractivity contribution in [2.24, 2.45) is 0 Å². The van der Waals surface area contributed by atoms with Crippen LogP contribution in [0.15, 0.2) is 24.3 Å². The zero-order valence-corrected chi connectivity index (χ0v) is 12.1. The maximum absolute atomic E-state index is 11.3. The van der Waals surface area contributed by atoms with Crippen LogP contribution < -0.4 is 10.1 Å². The minimum Gasteiger partial charge on any atom is -0.493 e. The second kappa shape index (κ2) is 6.57. The van der Waals surface area contributed by atoms with E-state index in [-0.39, 0.29) is 6.04 Å². The van der Waals surface area contributed by atoms with Crippen molar-refractivity contribution >= 4 is 5.97 Å². The largest absolute Gasteiger partial charge is 0.493 e. The number of carbonyl (C=O) groups is 1. The first-order chi connectivity index (χ1) is 8.85. The van der Waals surface area contributed by atoms with Gasteiger partial charge in [-0.05, 0) is 39.3 Å². The number of nitrogens with one attached hydrogen (secondary N) is 1. The molecular formula is C15H23NO3. The van der Waals surface area contributed by atoms with Crippen LogP contribution in [0.4, 0.5) is 0 Å². The number of ether oxygens (including phenoxy) is 1. The first-order valence-corrected chi connectivity index (χ1v) is 6.54. The van der Waals surface area contributed by atoms with Crippen LogP contribution in [-0.2, 0) is 4.79 Å². The first kappa shape index (κ1) is 15.5. The van der Waals surface area contributed by atoms with Crippen LogP contribution in [0.1, 0.15) is 32.8 Å². The van der Waals surface area contributed by atoms with Crippen molar-refractivity contribution in [2.75, 3.05) is 6.61 Å². The standard InChI is InChI=1S/C15H23NO3/c1-11(2)16-15(4,14(17)18)9-10-19-13-8-6-5-7-12(13)3/h5-8,11,16H,9-10H2,1-4H3,(H,17,18). The topological polar surface area (TPSA) is 58.6 Å². The molecular weight excluding hydrogens is 242 g/mol. The first-order valence-electron chi connectivity index (χ1n) is 6.54. The zero-order valence-electron chi connectivity index (χ0n) is 12.1. The molecule has 106 valence electrons. The Morgan fingerprint density at radius 3 is 2.58 bits per heavy atom. The molecule has 0 saturated carbocycles. The fraction of sp³-hybridized carbons (Fsp3) is 0.533. The van der Waals surface area contributed by atoms with E-state index in [0.29, 0.717) is 13.0 Å². The van der Waals surface area contributed by atoms with Crippen LogP contribution in [0, 0.1) is 6.92 Å². The Kier molecular flexibility index (Phi) is 5.36. The number of para-hydroxylation sites is 1. The van der Waals surface area contributed by atoms with Gasteiger partial charge in [-0.25, -0.2) is 0 Å². The summed E-state index contributed by atoms with van der Waals surface area (Å²) in [5, 5.41) is 12.4. The second-order valence-corrected chi connectivity index (χ2v) is 5.30. The smallest absolute Gasteiger partial charge is 0.323 e. The van der Waals surface area contributed by atoms with Crippen molar-refractivity contribution in [1.82, 2.24) is 5.32 Å². The molecule has 1 aromatic rings. The number of aryl methyl sites for hydroxylation is 1. The summed E-state index contributed by atoms with van der Waals surface area (Å²) in [6.45, 7) is 7.90. The molecule has 0 radical (unpaired) electrons. The number of aliphatic carboxylic acids is 1. The Balaban J connectivity index is 2.58. The molecule has 0 fully saturated rings. The summed E-state index contributed by atoms with van der Waals surface area (Å²) in [6, 6.07) is 7.83. The number of benzene rings is 1. The van der Waals surface area contributed by atoms with Gasteiger partial charge in [-0.1, -0.05) is 18.2 Å². The predicted octanol–water partition coefficient (Wildman–Crippen LogP) is 2.61. The van der Waals surface area contributed by atoms with Gasteiger partial charge < -0.3 is 9.84 Å². The second-order valence-electron chi connectivity index (χ2n) is 5.30. The molecule has 0 heterocycles. The lowest BCUT2D eigenvalue weighted by atomic mass is 9.97. The third kappa shape index (κ3) is 4.56. The normalized spacial score (nSPS) is 14.2. The Morgan fingerprint density at radius 2 is 2.05 bits per heavy atom. The fourth-order valence-corrected chi connectivity index (χ4v) is 1.96. The third-order valence-electron chi connectivity index (χ3n) is 3.03. The summed E-state index contributed by atoms with van der Waals surface area (Å²) in [7, 11) is 0. The molecule has 1 aromatic carbocycles. The van der Waals surface area contributed by atoms with Crippen LogP contribution in [0.3, 0.4) is 0 Å². The quantitative estimate of drug-likeness (QED) is 0.795. The predicted molar refractivity (Wildman–Crippen MR) is 75.6 cm³/mol. The molecule has 0 aliphatic carbocycles. The van der Waals surface area contributed by atoms with Gasteiger partial charge in [0, 0.05) is 12.5 Å². The highest BCUT2D eigenvalue weighted by Gasteiger charge is 2.33. The molecule has 1 unspecified atom stereocenters. The minimum absolute atomic E-state index is 0.111. The maximum Gasteiger partial charge on any atom is 0.323 e. The van der Waals surface area contributed by atoms with E-state index < -0.39 is 11.5 Å². The van der Waals surface area contributed by atoms with Crippen molar-refractivity contribution < 1.29 is 14.6 Å². The Labute approximate surface area is 114 Å². The van der Waals surface area contributed by atoms with Crippen LogP contribution >= 0.6 is 0 Å². The molecule has 19 heavy (non-hydrogen) atoms. The van der Waals surface area contributed by atoms with Gasteiger partial charge in [0.25, 0.3) is 0 Å². The van der Waals surface area contributed by atoms with Gasteiger partial charge >= 0.3 is 5.97 Å². The Hall–Kier alpha value is -1.55. The summed E-state index contributed by atoms with van der Waals surface area (Å²) in [5.41, 5.74) is 0.0907. The van der Waals surface area contributed by atoms with Crippen molar-refractivity contribution in [3.05, 3.63) is 29.8 Å². The molecule has 0 saturated heterocycles. The lowest BCUT2D eigenvalue weighted by Crippen LogP contribution is -2.53. The molecule has 1 rings (SSSR count). The minimum atomic E-state index is -0.961. The summed E-state index contributed by atoms with van der Waals surface area (Å²) >= 11 is 0. The molecule has 0 aromatic heterocycles. The van der Waals surface area contributed by atoms with E-state index in [1.165, 1.54) is 0 Å². The fourth-order valence-electron chi connectivity index (χ4n) is 1.96. The number of carboxylic acid groups (broad SMARTS) is 1. The lowest BCUT2D eigenvalue weighted by Gasteiger charge is -2.28. The van der Waals surface area contributed by atoms with Gasteiger partial charge in [0.1, 0.15) is 11.3 Å². The lowest BCUT2D eigenvalue weighted by molar-refractivity contribution is -0.145. The molecule has 2 N–H and O–H groups in total. The molecule has 4 heteroatoms. The van der Waals surface area contributed by atoms with E-state index in [1.54, 1.807) is 6.92 Å². The van der Waals surface area contributed by atoms with E-state index >= 15 is 0 Å². The summed E-state index contributed by atoms with van der Waals surface area (Å²) in [6.07, 6.45) is 0.412. The highest BCUT2D eigenvalue weighted by atomic mass is 16.5. The number of hydrogen-bond donors (Lipinski definition) is 2. The van der Waals surface area contributed by atoms with Gasteiger partial charge in [-0.3, -0.25) is 10.1 Å². The van der Waals surface area contributed by atoms with Crippen molar-refractivity contribution in [2.45, 2.75) is 45.7 Å². The van der Waals surface area contributed by atoms with Crippen LogP contribution in [0.25, 0.3) is 0 Å². The SMILES string of the molecule is Cc1ccccc1OCCC(C)(NC(C)C)C(=O)O. The molecule has 0 aliphatic rings. The molecule has 0 amide bonds. The van der Waals surface area contributed by atoms with Crippen LogP contribution in [0.5, 0.6) is 5.75 Å². The van der Waals surface area contributed by atoms with Gasteiger partial charge in [-0.2, -0.15) is 0 Å². The zero-order chi connectivity index (χ0) is 14.5. The summed E-state index contributed by atoms with van der Waals surface area (Å²) in [4.78, 5) is 11.3. The van der Waals surface area contributed by atoms with E-state index in [0.717, 1.165) is 11.3 Å². The van der Waals surface area contributed by atoms with E-state index in [9.17, 15) is 9.90 Å². The Bertz CT molecular complexity index is 431. The molecule has 4 nitrogen and oxygen atoms in total. The monoisotopic (exact) mass is 265 g/mol. The Morgan fingerprint density at radius 1 is 1.42 bits per heavy atom. The van der Waals surface area contributed by atoms with E-state index in [2.05, 4.69) is 5.32 Å².